The van der Waals surface area contributed by atoms with Gasteiger partial charge in [0.05, 0.1) is 0 Å². The number of benzene rings is 1. The second-order valence-electron chi connectivity index (χ2n) is 9.37. The first-order valence-corrected chi connectivity index (χ1v) is 11.3. The number of nitrogens with zero attached hydrogens (tertiary/aromatic N) is 1. The van der Waals surface area contributed by atoms with Crippen LogP contribution in [0.25, 0.3) is 0 Å². The number of rotatable bonds is 8. The van der Waals surface area contributed by atoms with Crippen molar-refractivity contribution in [2.45, 2.75) is 64.9 Å². The molecule has 0 aromatic heterocycles. The van der Waals surface area contributed by atoms with Crippen LogP contribution in [0.5, 0.6) is 0 Å². The molecule has 0 saturated carbocycles. The fourth-order valence-corrected chi connectivity index (χ4v) is 4.05. The third-order valence-electron chi connectivity index (χ3n) is 5.80. The standard InChI is InChI=1S/C24H38N4O4/c1-16(9-10-20(30)27-15-29)21(25)19-8-6-7-18(22(19)26-5)17-11-13-28(14-12-17)23(31)32-24(2,3)4/h6-8,16-17,25-26,29H,9-15H2,1-5H3,(H,27,30). The molecule has 2 rings (SSSR count). The molecule has 32 heavy (non-hydrogen) atoms. The maximum Gasteiger partial charge on any atom is 0.410 e. The third kappa shape index (κ3) is 6.95. The molecule has 1 aliphatic heterocycles. The van der Waals surface area contributed by atoms with Crippen LogP contribution in [-0.2, 0) is 9.53 Å². The number of piperidine rings is 1. The van der Waals surface area contributed by atoms with E-state index >= 15 is 0 Å². The van der Waals surface area contributed by atoms with Gasteiger partial charge in [-0.2, -0.15) is 0 Å². The second-order valence-corrected chi connectivity index (χ2v) is 9.37. The lowest BCUT2D eigenvalue weighted by Gasteiger charge is -2.34. The van der Waals surface area contributed by atoms with E-state index in [1.54, 1.807) is 4.90 Å². The molecule has 0 radical (unpaired) electrons. The highest BCUT2D eigenvalue weighted by Gasteiger charge is 2.29. The van der Waals surface area contributed by atoms with Crippen molar-refractivity contribution in [3.05, 3.63) is 29.3 Å². The Bertz CT molecular complexity index is 811. The van der Waals surface area contributed by atoms with Crippen LogP contribution >= 0.6 is 0 Å². The number of ether oxygens (including phenoxy) is 1. The van der Waals surface area contributed by atoms with Gasteiger partial charge in [-0.3, -0.25) is 4.79 Å². The van der Waals surface area contributed by atoms with Gasteiger partial charge in [0.2, 0.25) is 5.91 Å². The molecule has 8 heteroatoms. The third-order valence-corrected chi connectivity index (χ3v) is 5.80. The fourth-order valence-electron chi connectivity index (χ4n) is 4.05. The minimum atomic E-state index is -0.503. The number of anilines is 1. The molecule has 178 valence electrons. The summed E-state index contributed by atoms with van der Waals surface area (Å²) in [6.07, 6.45) is 2.21. The van der Waals surface area contributed by atoms with Gasteiger partial charge < -0.3 is 30.8 Å². The van der Waals surface area contributed by atoms with E-state index in [1.165, 1.54) is 0 Å². The molecule has 0 spiro atoms. The summed E-state index contributed by atoms with van der Waals surface area (Å²) in [5, 5.41) is 23.2. The molecule has 2 amide bonds. The van der Waals surface area contributed by atoms with E-state index in [4.69, 9.17) is 15.3 Å². The Morgan fingerprint density at radius 3 is 2.50 bits per heavy atom. The molecular formula is C24H38N4O4. The van der Waals surface area contributed by atoms with Crippen LogP contribution in [0, 0.1) is 11.3 Å². The molecule has 4 N–H and O–H groups in total. The average Bonchev–Trinajstić information content (AvgIpc) is 2.75. The van der Waals surface area contributed by atoms with Crippen molar-refractivity contribution >= 4 is 23.4 Å². The van der Waals surface area contributed by atoms with E-state index in [1.807, 2.05) is 46.9 Å². The number of nitrogens with one attached hydrogen (secondary N) is 3. The summed E-state index contributed by atoms with van der Waals surface area (Å²) in [7, 11) is 1.87. The van der Waals surface area contributed by atoms with E-state index in [9.17, 15) is 9.59 Å². The van der Waals surface area contributed by atoms with Crippen molar-refractivity contribution < 1.29 is 19.4 Å². The lowest BCUT2D eigenvalue weighted by Crippen LogP contribution is -2.41. The maximum absolute atomic E-state index is 12.4. The first-order chi connectivity index (χ1) is 15.1. The predicted molar refractivity (Wildman–Crippen MR) is 126 cm³/mol. The fraction of sp³-hybridized carbons (Fsp3) is 0.625. The normalized spacial score (nSPS) is 15.8. The van der Waals surface area contributed by atoms with E-state index in [2.05, 4.69) is 16.7 Å². The van der Waals surface area contributed by atoms with E-state index in [0.29, 0.717) is 25.2 Å². The molecule has 1 saturated heterocycles. The van der Waals surface area contributed by atoms with Gasteiger partial charge in [0.1, 0.15) is 12.3 Å². The zero-order valence-corrected chi connectivity index (χ0v) is 20.0. The van der Waals surface area contributed by atoms with Gasteiger partial charge in [-0.05, 0) is 57.4 Å². The van der Waals surface area contributed by atoms with E-state index < -0.39 is 5.60 Å². The van der Waals surface area contributed by atoms with Crippen molar-refractivity contribution in [1.82, 2.24) is 10.2 Å². The van der Waals surface area contributed by atoms with Crippen LogP contribution in [0.4, 0.5) is 10.5 Å². The van der Waals surface area contributed by atoms with Crippen LogP contribution in [-0.4, -0.2) is 60.2 Å². The minimum Gasteiger partial charge on any atom is -0.444 e. The summed E-state index contributed by atoms with van der Waals surface area (Å²) in [6, 6.07) is 6.01. The molecule has 1 aromatic carbocycles. The van der Waals surface area contributed by atoms with E-state index in [-0.39, 0.29) is 37.0 Å². The number of carbonyl (C=O) groups excluding carboxylic acids is 2. The van der Waals surface area contributed by atoms with Crippen LogP contribution in [0.15, 0.2) is 18.2 Å². The molecule has 1 unspecified atom stereocenters. The highest BCUT2D eigenvalue weighted by atomic mass is 16.6. The summed E-state index contributed by atoms with van der Waals surface area (Å²) in [6.45, 7) is 8.47. The first kappa shape index (κ1) is 25.6. The summed E-state index contributed by atoms with van der Waals surface area (Å²) < 4.78 is 5.50. The average molecular weight is 447 g/mol. The van der Waals surface area contributed by atoms with Gasteiger partial charge >= 0.3 is 6.09 Å². The highest BCUT2D eigenvalue weighted by molar-refractivity contribution is 6.05. The van der Waals surface area contributed by atoms with Crippen molar-refractivity contribution in [3.63, 3.8) is 0 Å². The van der Waals surface area contributed by atoms with Crippen LogP contribution < -0.4 is 10.6 Å². The molecular weight excluding hydrogens is 408 g/mol. The van der Waals surface area contributed by atoms with Crippen molar-refractivity contribution in [2.24, 2.45) is 5.92 Å². The molecule has 0 bridgehead atoms. The molecule has 1 fully saturated rings. The van der Waals surface area contributed by atoms with E-state index in [0.717, 1.165) is 29.7 Å². The largest absolute Gasteiger partial charge is 0.444 e. The predicted octanol–water partition coefficient (Wildman–Crippen LogP) is 3.69. The van der Waals surface area contributed by atoms with Gasteiger partial charge in [0, 0.05) is 43.5 Å². The summed E-state index contributed by atoms with van der Waals surface area (Å²) in [5.41, 5.74) is 2.93. The molecule has 1 aromatic rings. The van der Waals surface area contributed by atoms with Crippen molar-refractivity contribution in [3.8, 4) is 0 Å². The quantitative estimate of drug-likeness (QED) is 0.359. The van der Waals surface area contributed by atoms with Gasteiger partial charge in [-0.15, -0.1) is 0 Å². The number of aliphatic hydroxyl groups excluding tert-OH is 1. The van der Waals surface area contributed by atoms with Gasteiger partial charge in [-0.1, -0.05) is 25.1 Å². The smallest absolute Gasteiger partial charge is 0.410 e. The van der Waals surface area contributed by atoms with Crippen molar-refractivity contribution in [2.75, 3.05) is 32.2 Å². The lowest BCUT2D eigenvalue weighted by atomic mass is 9.84. The Hall–Kier alpha value is -2.61. The monoisotopic (exact) mass is 446 g/mol. The summed E-state index contributed by atoms with van der Waals surface area (Å²) in [4.78, 5) is 25.8. The first-order valence-electron chi connectivity index (χ1n) is 11.3. The van der Waals surface area contributed by atoms with Gasteiger partial charge in [0.25, 0.3) is 0 Å². The molecule has 0 aliphatic carbocycles. The Morgan fingerprint density at radius 1 is 1.28 bits per heavy atom. The number of aliphatic hydroxyl groups is 1. The highest BCUT2D eigenvalue weighted by Crippen LogP contribution is 2.36. The number of hydrogen-bond donors (Lipinski definition) is 4. The molecule has 1 atom stereocenters. The van der Waals surface area contributed by atoms with Crippen LogP contribution in [0.2, 0.25) is 0 Å². The van der Waals surface area contributed by atoms with Gasteiger partial charge in [-0.25, -0.2) is 4.79 Å². The minimum absolute atomic E-state index is 0.101. The van der Waals surface area contributed by atoms with Gasteiger partial charge in [0.15, 0.2) is 0 Å². The number of likely N-dealkylation sites (tertiary alicyclic amines) is 1. The Balaban J connectivity index is 2.08. The SMILES string of the molecule is CNc1c(C(=N)C(C)CCC(=O)NCO)cccc1C1CCN(C(=O)OC(C)(C)C)CC1. The van der Waals surface area contributed by atoms with Crippen LogP contribution in [0.1, 0.15) is 70.4 Å². The number of amides is 2. The number of hydrogen-bond acceptors (Lipinski definition) is 6. The molecule has 1 aliphatic rings. The maximum atomic E-state index is 12.4. The second kappa shape index (κ2) is 11.3. The molecule has 8 nitrogen and oxygen atoms in total. The zero-order valence-electron chi connectivity index (χ0n) is 20.0. The Morgan fingerprint density at radius 2 is 1.94 bits per heavy atom. The topological polar surface area (TPSA) is 115 Å². The summed E-state index contributed by atoms with van der Waals surface area (Å²) >= 11 is 0. The van der Waals surface area contributed by atoms with Crippen LogP contribution in [0.3, 0.4) is 0 Å². The Kier molecular flexibility index (Phi) is 9.07. The number of carbonyl (C=O) groups is 2. The number of para-hydroxylation sites is 1. The lowest BCUT2D eigenvalue weighted by molar-refractivity contribution is -0.122. The Labute approximate surface area is 191 Å². The van der Waals surface area contributed by atoms with Crippen molar-refractivity contribution in [1.29, 1.82) is 5.41 Å². The molecule has 1 heterocycles. The summed E-state index contributed by atoms with van der Waals surface area (Å²) in [5.74, 6) is -0.0307. The zero-order chi connectivity index (χ0) is 23.9.